The maximum absolute atomic E-state index is 14.0. The van der Waals surface area contributed by atoms with Crippen molar-refractivity contribution in [1.29, 1.82) is 0 Å². The SMILES string of the molecule is COC(=O)C1(NC(=O)C2(NC(=O)C3(N4C(=O)c5ccccc5C4=O)CCCC3)CCCC2)CCCC1. The van der Waals surface area contributed by atoms with E-state index in [1.807, 2.05) is 0 Å². The number of nitrogens with zero attached hydrogens (tertiary/aromatic N) is 1. The van der Waals surface area contributed by atoms with Gasteiger partial charge in [0.2, 0.25) is 11.8 Å². The van der Waals surface area contributed by atoms with Gasteiger partial charge in [0.05, 0.1) is 18.2 Å². The zero-order chi connectivity index (χ0) is 25.6. The van der Waals surface area contributed by atoms with Gasteiger partial charge >= 0.3 is 5.97 Å². The quantitative estimate of drug-likeness (QED) is 0.462. The number of methoxy groups -OCH3 is 1. The predicted molar refractivity (Wildman–Crippen MR) is 129 cm³/mol. The van der Waals surface area contributed by atoms with Gasteiger partial charge in [0.25, 0.3) is 11.8 Å². The van der Waals surface area contributed by atoms with Crippen molar-refractivity contribution in [2.45, 2.75) is 93.7 Å². The van der Waals surface area contributed by atoms with Crippen LogP contribution in [0.2, 0.25) is 0 Å². The largest absolute Gasteiger partial charge is 0.467 e. The van der Waals surface area contributed by atoms with Crippen LogP contribution in [0.25, 0.3) is 0 Å². The van der Waals surface area contributed by atoms with Crippen molar-refractivity contribution in [2.75, 3.05) is 7.11 Å². The number of hydrogen-bond acceptors (Lipinski definition) is 6. The van der Waals surface area contributed by atoms with E-state index in [9.17, 15) is 24.0 Å². The average Bonchev–Trinajstić information content (AvgIpc) is 3.68. The minimum absolute atomic E-state index is 0.302. The third-order valence-corrected chi connectivity index (χ3v) is 8.71. The molecule has 0 unspecified atom stereocenters. The number of hydrogen-bond donors (Lipinski definition) is 2. The molecule has 9 heteroatoms. The number of nitrogens with one attached hydrogen (secondary N) is 2. The highest BCUT2D eigenvalue weighted by atomic mass is 16.5. The van der Waals surface area contributed by atoms with E-state index in [2.05, 4.69) is 10.6 Å². The second-order valence-electron chi connectivity index (χ2n) is 10.7. The van der Waals surface area contributed by atoms with Gasteiger partial charge in [-0.3, -0.25) is 24.1 Å². The van der Waals surface area contributed by atoms with Gasteiger partial charge in [0.1, 0.15) is 16.6 Å². The first-order valence-corrected chi connectivity index (χ1v) is 13.0. The molecule has 9 nitrogen and oxygen atoms in total. The first-order chi connectivity index (χ1) is 17.3. The highest BCUT2D eigenvalue weighted by molar-refractivity contribution is 6.23. The molecule has 0 spiro atoms. The van der Waals surface area contributed by atoms with Crippen molar-refractivity contribution in [3.8, 4) is 0 Å². The molecular formula is C27H33N3O6. The topological polar surface area (TPSA) is 122 Å². The monoisotopic (exact) mass is 495 g/mol. The number of rotatable bonds is 6. The fourth-order valence-electron chi connectivity index (χ4n) is 6.70. The van der Waals surface area contributed by atoms with Gasteiger partial charge in [0.15, 0.2) is 0 Å². The van der Waals surface area contributed by atoms with E-state index in [4.69, 9.17) is 4.74 Å². The summed E-state index contributed by atoms with van der Waals surface area (Å²) in [4.78, 5) is 68.2. The lowest BCUT2D eigenvalue weighted by Crippen LogP contribution is -2.68. The van der Waals surface area contributed by atoms with Gasteiger partial charge in [-0.2, -0.15) is 0 Å². The lowest BCUT2D eigenvalue weighted by molar-refractivity contribution is -0.152. The zero-order valence-corrected chi connectivity index (χ0v) is 20.7. The van der Waals surface area contributed by atoms with Crippen molar-refractivity contribution < 1.29 is 28.7 Å². The van der Waals surface area contributed by atoms with Gasteiger partial charge in [-0.25, -0.2) is 4.79 Å². The Bertz CT molecular complexity index is 1080. The van der Waals surface area contributed by atoms with Gasteiger partial charge < -0.3 is 15.4 Å². The Morgan fingerprint density at radius 1 is 0.722 bits per heavy atom. The fraction of sp³-hybridized carbons (Fsp3) is 0.593. The number of amides is 4. The summed E-state index contributed by atoms with van der Waals surface area (Å²) in [7, 11) is 1.31. The minimum Gasteiger partial charge on any atom is -0.467 e. The van der Waals surface area contributed by atoms with E-state index < -0.39 is 46.2 Å². The van der Waals surface area contributed by atoms with E-state index >= 15 is 0 Å². The Hall–Kier alpha value is -3.23. The van der Waals surface area contributed by atoms with Crippen LogP contribution < -0.4 is 10.6 Å². The molecule has 0 radical (unpaired) electrons. The first kappa shape index (κ1) is 24.5. The van der Waals surface area contributed by atoms with Crippen LogP contribution in [0.3, 0.4) is 0 Å². The Morgan fingerprint density at radius 2 is 1.17 bits per heavy atom. The standard InChI is InChI=1S/C27H33N3O6/c1-36-24(35)26(14-6-7-15-26)28-22(33)25(12-4-5-13-25)29-23(34)27(16-8-9-17-27)30-20(31)18-10-2-3-11-19(18)21(30)32/h2-3,10-11H,4-9,12-17H2,1H3,(H,28,33)(H,29,34). The van der Waals surface area contributed by atoms with E-state index in [1.54, 1.807) is 24.3 Å². The Balaban J connectivity index is 1.43. The van der Waals surface area contributed by atoms with E-state index in [0.717, 1.165) is 30.6 Å². The van der Waals surface area contributed by atoms with E-state index in [-0.39, 0.29) is 0 Å². The number of esters is 1. The number of carbonyl (C=O) groups excluding carboxylic acids is 5. The molecule has 36 heavy (non-hydrogen) atoms. The van der Waals surface area contributed by atoms with Crippen molar-refractivity contribution >= 4 is 29.6 Å². The molecule has 1 aromatic carbocycles. The van der Waals surface area contributed by atoms with Crippen LogP contribution in [-0.4, -0.2) is 58.2 Å². The van der Waals surface area contributed by atoms with Crippen molar-refractivity contribution in [1.82, 2.24) is 15.5 Å². The fourth-order valence-corrected chi connectivity index (χ4v) is 6.70. The van der Waals surface area contributed by atoms with Crippen LogP contribution in [0.4, 0.5) is 0 Å². The molecule has 5 rings (SSSR count). The van der Waals surface area contributed by atoms with Crippen LogP contribution in [0.5, 0.6) is 0 Å². The Kier molecular flexibility index (Phi) is 6.12. The van der Waals surface area contributed by atoms with E-state index in [0.29, 0.717) is 62.5 Å². The summed E-state index contributed by atoms with van der Waals surface area (Å²) < 4.78 is 5.01. The highest BCUT2D eigenvalue weighted by Crippen LogP contribution is 2.42. The molecule has 3 aliphatic carbocycles. The molecule has 4 aliphatic rings. The van der Waals surface area contributed by atoms with Crippen LogP contribution in [0, 0.1) is 0 Å². The molecular weight excluding hydrogens is 462 g/mol. The molecule has 1 aromatic rings. The molecule has 0 bridgehead atoms. The van der Waals surface area contributed by atoms with Crippen LogP contribution in [-0.2, 0) is 19.1 Å². The molecule has 0 saturated heterocycles. The summed E-state index contributed by atoms with van der Waals surface area (Å²) >= 11 is 0. The number of benzene rings is 1. The predicted octanol–water partition coefficient (Wildman–Crippen LogP) is 2.63. The first-order valence-electron chi connectivity index (χ1n) is 13.0. The summed E-state index contributed by atoms with van der Waals surface area (Å²) in [5.41, 5.74) is -3.02. The minimum atomic E-state index is -1.34. The second-order valence-corrected chi connectivity index (χ2v) is 10.7. The molecule has 1 heterocycles. The molecule has 192 valence electrons. The lowest BCUT2D eigenvalue weighted by atomic mass is 9.88. The molecule has 3 saturated carbocycles. The highest BCUT2D eigenvalue weighted by Gasteiger charge is 2.57. The second kappa shape index (κ2) is 9.01. The maximum Gasteiger partial charge on any atom is 0.331 e. The van der Waals surface area contributed by atoms with Crippen LogP contribution in [0.15, 0.2) is 24.3 Å². The van der Waals surface area contributed by atoms with Crippen molar-refractivity contribution in [2.24, 2.45) is 0 Å². The number of fused-ring (bicyclic) bond motifs is 1. The number of imide groups is 1. The van der Waals surface area contributed by atoms with Crippen LogP contribution >= 0.6 is 0 Å². The zero-order valence-electron chi connectivity index (χ0n) is 20.7. The third-order valence-electron chi connectivity index (χ3n) is 8.71. The Labute approximate surface area is 210 Å². The van der Waals surface area contributed by atoms with Crippen molar-refractivity contribution in [3.05, 3.63) is 35.4 Å². The average molecular weight is 496 g/mol. The van der Waals surface area contributed by atoms with Gasteiger partial charge in [-0.1, -0.05) is 50.7 Å². The molecule has 2 N–H and O–H groups in total. The molecule has 3 fully saturated rings. The van der Waals surface area contributed by atoms with Gasteiger partial charge in [0, 0.05) is 0 Å². The smallest absolute Gasteiger partial charge is 0.331 e. The van der Waals surface area contributed by atoms with E-state index in [1.165, 1.54) is 7.11 Å². The summed E-state index contributed by atoms with van der Waals surface area (Å²) in [5.74, 6) is -2.26. The summed E-state index contributed by atoms with van der Waals surface area (Å²) in [6.07, 6.45) is 7.06. The Morgan fingerprint density at radius 3 is 1.67 bits per heavy atom. The number of carbonyl (C=O) groups is 5. The summed E-state index contributed by atoms with van der Waals surface area (Å²) in [6, 6.07) is 6.62. The summed E-state index contributed by atoms with van der Waals surface area (Å²) in [5, 5.41) is 5.98. The molecule has 1 aliphatic heterocycles. The third kappa shape index (κ3) is 3.62. The molecule has 0 atom stereocenters. The molecule has 4 amide bonds. The lowest BCUT2D eigenvalue weighted by Gasteiger charge is -2.40. The normalized spacial score (nSPS) is 23.4. The van der Waals surface area contributed by atoms with Crippen molar-refractivity contribution in [3.63, 3.8) is 0 Å². The molecule has 0 aromatic heterocycles. The maximum atomic E-state index is 14.0. The number of ether oxygens (including phenoxy) is 1. The van der Waals surface area contributed by atoms with Gasteiger partial charge in [-0.05, 0) is 50.7 Å². The van der Waals surface area contributed by atoms with Gasteiger partial charge in [-0.15, -0.1) is 0 Å². The van der Waals surface area contributed by atoms with Crippen LogP contribution in [0.1, 0.15) is 97.8 Å². The summed E-state index contributed by atoms with van der Waals surface area (Å²) in [6.45, 7) is 0.